The maximum absolute atomic E-state index is 6.02. The third kappa shape index (κ3) is 2.93. The molecule has 1 fully saturated rings. The molecule has 2 aliphatic rings. The number of benzene rings is 1. The average molecular weight is 271 g/mol. The van der Waals surface area contributed by atoms with Crippen LogP contribution < -0.4 is 5.73 Å². The summed E-state index contributed by atoms with van der Waals surface area (Å²) in [6.07, 6.45) is 10.7. The van der Waals surface area contributed by atoms with Crippen LogP contribution in [0.5, 0.6) is 0 Å². The second-order valence-electron chi connectivity index (χ2n) is 7.00. The van der Waals surface area contributed by atoms with Crippen LogP contribution in [0.1, 0.15) is 55.7 Å². The van der Waals surface area contributed by atoms with Gasteiger partial charge in [0.2, 0.25) is 0 Å². The fraction of sp³-hybridized carbons (Fsp3) is 0.684. The van der Waals surface area contributed by atoms with Crippen molar-refractivity contribution in [2.45, 2.75) is 58.3 Å². The summed E-state index contributed by atoms with van der Waals surface area (Å²) in [5.41, 5.74) is 10.8. The molecule has 0 spiro atoms. The maximum atomic E-state index is 6.02. The van der Waals surface area contributed by atoms with E-state index in [0.29, 0.717) is 0 Å². The summed E-state index contributed by atoms with van der Waals surface area (Å²) >= 11 is 0. The van der Waals surface area contributed by atoms with Gasteiger partial charge in [0, 0.05) is 0 Å². The number of fused-ring (bicyclic) bond motifs is 1. The Morgan fingerprint density at radius 3 is 2.75 bits per heavy atom. The quantitative estimate of drug-likeness (QED) is 0.876. The van der Waals surface area contributed by atoms with Gasteiger partial charge in [0.25, 0.3) is 0 Å². The standard InChI is InChI=1S/C19H29N/c1-2-14-6-9-18(13-20)19(10-14)12-15-7-8-16-4-3-5-17(16)11-15/h7-8,11,14,18-19H,2-6,9-10,12-13,20H2,1H3. The second-order valence-corrected chi connectivity index (χ2v) is 7.00. The predicted molar refractivity (Wildman–Crippen MR) is 85.8 cm³/mol. The Bertz CT molecular complexity index is 451. The number of nitrogens with two attached hydrogens (primary N) is 1. The minimum atomic E-state index is 0.756. The number of hydrogen-bond acceptors (Lipinski definition) is 1. The van der Waals surface area contributed by atoms with E-state index in [2.05, 4.69) is 25.1 Å². The molecule has 1 nitrogen and oxygen atoms in total. The van der Waals surface area contributed by atoms with E-state index in [1.165, 1.54) is 51.4 Å². The summed E-state index contributed by atoms with van der Waals surface area (Å²) in [5, 5.41) is 0. The van der Waals surface area contributed by atoms with Crippen LogP contribution in [-0.2, 0) is 19.3 Å². The maximum Gasteiger partial charge on any atom is -0.00461 e. The van der Waals surface area contributed by atoms with Crippen LogP contribution in [0.3, 0.4) is 0 Å². The molecule has 1 saturated carbocycles. The highest BCUT2D eigenvalue weighted by molar-refractivity contribution is 5.35. The molecular weight excluding hydrogens is 242 g/mol. The Morgan fingerprint density at radius 1 is 1.10 bits per heavy atom. The monoisotopic (exact) mass is 271 g/mol. The molecular formula is C19H29N. The molecule has 1 aromatic rings. The van der Waals surface area contributed by atoms with Gasteiger partial charge in [0.1, 0.15) is 0 Å². The summed E-state index contributed by atoms with van der Waals surface area (Å²) in [6, 6.07) is 7.26. The summed E-state index contributed by atoms with van der Waals surface area (Å²) in [5.74, 6) is 2.52. The lowest BCUT2D eigenvalue weighted by Crippen LogP contribution is -2.31. The van der Waals surface area contributed by atoms with Crippen LogP contribution in [0.4, 0.5) is 0 Å². The van der Waals surface area contributed by atoms with E-state index < -0.39 is 0 Å². The van der Waals surface area contributed by atoms with Gasteiger partial charge in [-0.25, -0.2) is 0 Å². The minimum absolute atomic E-state index is 0.756. The molecule has 0 radical (unpaired) electrons. The Morgan fingerprint density at radius 2 is 1.95 bits per heavy atom. The van der Waals surface area contributed by atoms with Crippen molar-refractivity contribution in [3.8, 4) is 0 Å². The zero-order chi connectivity index (χ0) is 13.9. The highest BCUT2D eigenvalue weighted by Gasteiger charge is 2.29. The number of hydrogen-bond donors (Lipinski definition) is 1. The van der Waals surface area contributed by atoms with E-state index in [4.69, 9.17) is 5.73 Å². The molecule has 0 amide bonds. The lowest BCUT2D eigenvalue weighted by molar-refractivity contribution is 0.180. The van der Waals surface area contributed by atoms with Gasteiger partial charge in [0.05, 0.1) is 0 Å². The van der Waals surface area contributed by atoms with E-state index in [-0.39, 0.29) is 0 Å². The van der Waals surface area contributed by atoms with Crippen LogP contribution in [-0.4, -0.2) is 6.54 Å². The van der Waals surface area contributed by atoms with Gasteiger partial charge in [-0.3, -0.25) is 0 Å². The molecule has 110 valence electrons. The fourth-order valence-electron chi connectivity index (χ4n) is 4.41. The first-order valence-corrected chi connectivity index (χ1v) is 8.61. The van der Waals surface area contributed by atoms with E-state index >= 15 is 0 Å². The van der Waals surface area contributed by atoms with Gasteiger partial charge in [0.15, 0.2) is 0 Å². The lowest BCUT2D eigenvalue weighted by atomic mass is 9.71. The van der Waals surface area contributed by atoms with Gasteiger partial charge >= 0.3 is 0 Å². The molecule has 3 atom stereocenters. The van der Waals surface area contributed by atoms with Crippen molar-refractivity contribution in [1.82, 2.24) is 0 Å². The minimum Gasteiger partial charge on any atom is -0.330 e. The SMILES string of the molecule is CCC1CCC(CN)C(Cc2ccc3c(c2)CCC3)C1. The molecule has 0 bridgehead atoms. The molecule has 3 rings (SSSR count). The van der Waals surface area contributed by atoms with E-state index in [9.17, 15) is 0 Å². The van der Waals surface area contributed by atoms with Gasteiger partial charge in [-0.1, -0.05) is 38.0 Å². The van der Waals surface area contributed by atoms with E-state index in [1.807, 2.05) is 0 Å². The zero-order valence-electron chi connectivity index (χ0n) is 12.9. The van der Waals surface area contributed by atoms with Crippen molar-refractivity contribution < 1.29 is 0 Å². The summed E-state index contributed by atoms with van der Waals surface area (Å²) < 4.78 is 0. The van der Waals surface area contributed by atoms with Crippen molar-refractivity contribution in [3.63, 3.8) is 0 Å². The number of rotatable bonds is 4. The van der Waals surface area contributed by atoms with Gasteiger partial charge < -0.3 is 5.73 Å². The topological polar surface area (TPSA) is 26.0 Å². The molecule has 0 heterocycles. The second kappa shape index (κ2) is 6.30. The van der Waals surface area contributed by atoms with Crippen molar-refractivity contribution in [2.75, 3.05) is 6.54 Å². The predicted octanol–water partition coefficient (Wildman–Crippen LogP) is 4.12. The molecule has 1 aromatic carbocycles. The Kier molecular flexibility index (Phi) is 4.45. The normalized spacial score (nSPS) is 29.4. The molecule has 20 heavy (non-hydrogen) atoms. The number of aryl methyl sites for hydroxylation is 2. The highest BCUT2D eigenvalue weighted by Crippen LogP contribution is 2.37. The Hall–Kier alpha value is -0.820. The van der Waals surface area contributed by atoms with Crippen LogP contribution >= 0.6 is 0 Å². The smallest absolute Gasteiger partial charge is 0.00461 e. The van der Waals surface area contributed by atoms with Crippen molar-refractivity contribution in [1.29, 1.82) is 0 Å². The van der Waals surface area contributed by atoms with Crippen LogP contribution in [0.2, 0.25) is 0 Å². The largest absolute Gasteiger partial charge is 0.330 e. The highest BCUT2D eigenvalue weighted by atomic mass is 14.6. The molecule has 0 aromatic heterocycles. The molecule has 0 aliphatic heterocycles. The molecule has 1 heteroatoms. The van der Waals surface area contributed by atoms with Crippen LogP contribution in [0, 0.1) is 17.8 Å². The van der Waals surface area contributed by atoms with Crippen molar-refractivity contribution in [3.05, 3.63) is 34.9 Å². The third-order valence-corrected chi connectivity index (χ3v) is 5.79. The molecule has 2 aliphatic carbocycles. The van der Waals surface area contributed by atoms with Gasteiger partial charge in [-0.15, -0.1) is 0 Å². The molecule has 0 saturated heterocycles. The average Bonchev–Trinajstić information content (AvgIpc) is 2.94. The summed E-state index contributed by atoms with van der Waals surface area (Å²) in [6.45, 7) is 3.23. The van der Waals surface area contributed by atoms with Crippen molar-refractivity contribution >= 4 is 0 Å². The van der Waals surface area contributed by atoms with Crippen LogP contribution in [0.15, 0.2) is 18.2 Å². The van der Waals surface area contributed by atoms with Crippen LogP contribution in [0.25, 0.3) is 0 Å². The van der Waals surface area contributed by atoms with Gasteiger partial charge in [-0.05, 0) is 79.5 Å². The summed E-state index contributed by atoms with van der Waals surface area (Å²) in [7, 11) is 0. The first-order chi connectivity index (χ1) is 9.80. The lowest BCUT2D eigenvalue weighted by Gasteiger charge is -2.35. The third-order valence-electron chi connectivity index (χ3n) is 5.79. The molecule has 2 N–H and O–H groups in total. The first-order valence-electron chi connectivity index (χ1n) is 8.61. The van der Waals surface area contributed by atoms with E-state index in [1.54, 1.807) is 16.7 Å². The Labute approximate surface area is 124 Å². The first kappa shape index (κ1) is 14.1. The fourth-order valence-corrected chi connectivity index (χ4v) is 4.41. The zero-order valence-corrected chi connectivity index (χ0v) is 12.9. The van der Waals surface area contributed by atoms with Crippen molar-refractivity contribution in [2.24, 2.45) is 23.5 Å². The van der Waals surface area contributed by atoms with E-state index in [0.717, 1.165) is 24.3 Å². The molecule has 3 unspecified atom stereocenters. The Balaban J connectivity index is 1.71. The summed E-state index contributed by atoms with van der Waals surface area (Å²) in [4.78, 5) is 0. The van der Waals surface area contributed by atoms with Gasteiger partial charge in [-0.2, -0.15) is 0 Å².